The van der Waals surface area contributed by atoms with Crippen LogP contribution >= 0.6 is 11.3 Å². The van der Waals surface area contributed by atoms with Gasteiger partial charge in [0.15, 0.2) is 0 Å². The van der Waals surface area contributed by atoms with E-state index in [1.165, 1.54) is 17.7 Å². The van der Waals surface area contributed by atoms with Crippen molar-refractivity contribution in [2.45, 2.75) is 13.0 Å². The second kappa shape index (κ2) is 6.40. The molecule has 100 valence electrons. The molecule has 4 nitrogen and oxygen atoms in total. The first-order chi connectivity index (χ1) is 9.16. The highest BCUT2D eigenvalue weighted by Gasteiger charge is 2.13. The van der Waals surface area contributed by atoms with Crippen LogP contribution in [0.3, 0.4) is 0 Å². The smallest absolute Gasteiger partial charge is 0.274 e. The molecule has 0 bridgehead atoms. The minimum Gasteiger partial charge on any atom is -0.312 e. The first-order valence-electron chi connectivity index (χ1n) is 5.81. The Balaban J connectivity index is 1.91. The van der Waals surface area contributed by atoms with Gasteiger partial charge in [-0.05, 0) is 47.5 Å². The molecule has 0 radical (unpaired) electrons. The molecule has 0 aliphatic heterocycles. The lowest BCUT2D eigenvalue weighted by Gasteiger charge is -2.05. The van der Waals surface area contributed by atoms with Crippen LogP contribution in [-0.4, -0.2) is 11.5 Å². The van der Waals surface area contributed by atoms with E-state index in [-0.39, 0.29) is 12.2 Å². The van der Waals surface area contributed by atoms with Crippen LogP contribution in [0.2, 0.25) is 0 Å². The minimum absolute atomic E-state index is 0.0515. The van der Waals surface area contributed by atoms with Crippen molar-refractivity contribution >= 4 is 17.0 Å². The maximum Gasteiger partial charge on any atom is 0.274 e. The number of nitrogens with one attached hydrogen (secondary N) is 1. The number of nitro benzene ring substituents is 1. The Morgan fingerprint density at radius 2 is 2.21 bits per heavy atom. The molecule has 0 aliphatic rings. The molecule has 1 aromatic heterocycles. The Labute approximate surface area is 114 Å². The van der Waals surface area contributed by atoms with Gasteiger partial charge >= 0.3 is 0 Å². The Morgan fingerprint density at radius 3 is 2.89 bits per heavy atom. The zero-order chi connectivity index (χ0) is 13.7. The van der Waals surface area contributed by atoms with Crippen molar-refractivity contribution in [1.82, 2.24) is 5.32 Å². The van der Waals surface area contributed by atoms with Gasteiger partial charge in [-0.25, -0.2) is 4.39 Å². The lowest BCUT2D eigenvalue weighted by molar-refractivity contribution is -0.385. The largest absolute Gasteiger partial charge is 0.312 e. The van der Waals surface area contributed by atoms with Gasteiger partial charge in [0, 0.05) is 18.2 Å². The summed E-state index contributed by atoms with van der Waals surface area (Å²) in [7, 11) is 0. The van der Waals surface area contributed by atoms with E-state index in [1.54, 1.807) is 11.3 Å². The third-order valence-electron chi connectivity index (χ3n) is 2.72. The van der Waals surface area contributed by atoms with E-state index < -0.39 is 10.7 Å². The van der Waals surface area contributed by atoms with Gasteiger partial charge in [0.1, 0.15) is 5.82 Å². The zero-order valence-electron chi connectivity index (χ0n) is 10.1. The van der Waals surface area contributed by atoms with Gasteiger partial charge in [-0.2, -0.15) is 11.3 Å². The number of nitrogens with zero attached hydrogens (tertiary/aromatic N) is 1. The summed E-state index contributed by atoms with van der Waals surface area (Å²) in [6.07, 6.45) is 0.854. The lowest BCUT2D eigenvalue weighted by Crippen LogP contribution is -2.17. The highest BCUT2D eigenvalue weighted by Crippen LogP contribution is 2.19. The summed E-state index contributed by atoms with van der Waals surface area (Å²) in [6, 6.07) is 5.55. The second-order valence-electron chi connectivity index (χ2n) is 4.09. The molecule has 2 rings (SSSR count). The van der Waals surface area contributed by atoms with Gasteiger partial charge in [-0.15, -0.1) is 0 Å². The number of rotatable bonds is 6. The average Bonchev–Trinajstić information content (AvgIpc) is 2.87. The quantitative estimate of drug-likeness (QED) is 0.502. The lowest BCUT2D eigenvalue weighted by atomic mass is 10.1. The van der Waals surface area contributed by atoms with Crippen molar-refractivity contribution in [1.29, 1.82) is 0 Å². The van der Waals surface area contributed by atoms with Crippen molar-refractivity contribution in [3.8, 4) is 0 Å². The van der Waals surface area contributed by atoms with Crippen molar-refractivity contribution in [2.75, 3.05) is 6.54 Å². The minimum atomic E-state index is -0.491. The summed E-state index contributed by atoms with van der Waals surface area (Å²) < 4.78 is 13.1. The first kappa shape index (κ1) is 13.6. The van der Waals surface area contributed by atoms with Gasteiger partial charge in [0.2, 0.25) is 0 Å². The van der Waals surface area contributed by atoms with Crippen LogP contribution in [0, 0.1) is 15.9 Å². The zero-order valence-corrected chi connectivity index (χ0v) is 11.0. The maximum absolute atomic E-state index is 13.1. The van der Waals surface area contributed by atoms with E-state index in [1.807, 2.05) is 11.4 Å². The molecule has 2 aromatic rings. The molecule has 19 heavy (non-hydrogen) atoms. The van der Waals surface area contributed by atoms with Crippen molar-refractivity contribution < 1.29 is 9.31 Å². The molecule has 1 heterocycles. The fraction of sp³-hybridized carbons (Fsp3) is 0.231. The molecule has 0 unspecified atom stereocenters. The fourth-order valence-electron chi connectivity index (χ4n) is 1.76. The highest BCUT2D eigenvalue weighted by atomic mass is 32.1. The van der Waals surface area contributed by atoms with Crippen LogP contribution in [0.5, 0.6) is 0 Å². The van der Waals surface area contributed by atoms with Crippen molar-refractivity contribution in [3.63, 3.8) is 0 Å². The Hall–Kier alpha value is -1.79. The summed E-state index contributed by atoms with van der Waals surface area (Å²) in [5.41, 5.74) is 1.55. The number of halogens is 1. The standard InChI is InChI=1S/C13H13FN2O2S/c14-12-1-2-13(16(17)18)11(7-12)8-15-5-3-10-4-6-19-9-10/h1-2,4,6-7,9,15H,3,5,8H2. The third-order valence-corrected chi connectivity index (χ3v) is 3.46. The van der Waals surface area contributed by atoms with Crippen LogP contribution in [0.1, 0.15) is 11.1 Å². The molecular weight excluding hydrogens is 267 g/mol. The molecule has 1 aromatic carbocycles. The molecular formula is C13H13FN2O2S. The van der Waals surface area contributed by atoms with E-state index >= 15 is 0 Å². The van der Waals surface area contributed by atoms with Crippen LogP contribution in [0.4, 0.5) is 10.1 Å². The number of thiophene rings is 1. The number of nitro groups is 1. The Kier molecular flexibility index (Phi) is 4.59. The van der Waals surface area contributed by atoms with E-state index in [9.17, 15) is 14.5 Å². The van der Waals surface area contributed by atoms with E-state index in [0.717, 1.165) is 12.5 Å². The van der Waals surface area contributed by atoms with Gasteiger partial charge in [0.05, 0.1) is 4.92 Å². The van der Waals surface area contributed by atoms with E-state index in [2.05, 4.69) is 10.7 Å². The summed E-state index contributed by atoms with van der Waals surface area (Å²) in [5, 5.41) is 18.0. The predicted octanol–water partition coefficient (Wildman–Crippen LogP) is 3.13. The van der Waals surface area contributed by atoms with Crippen LogP contribution < -0.4 is 5.32 Å². The average molecular weight is 280 g/mol. The number of hydrogen-bond acceptors (Lipinski definition) is 4. The van der Waals surface area contributed by atoms with Gasteiger partial charge in [-0.3, -0.25) is 10.1 Å². The van der Waals surface area contributed by atoms with Crippen LogP contribution in [-0.2, 0) is 13.0 Å². The summed E-state index contributed by atoms with van der Waals surface area (Å²) in [4.78, 5) is 10.3. The normalized spacial score (nSPS) is 10.6. The van der Waals surface area contributed by atoms with E-state index in [0.29, 0.717) is 12.1 Å². The first-order valence-corrected chi connectivity index (χ1v) is 6.75. The summed E-state index contributed by atoms with van der Waals surface area (Å²) in [6.45, 7) is 0.989. The van der Waals surface area contributed by atoms with Crippen molar-refractivity contribution in [2.24, 2.45) is 0 Å². The Bertz CT molecular complexity index is 558. The molecule has 1 N–H and O–H groups in total. The third kappa shape index (κ3) is 3.84. The fourth-order valence-corrected chi connectivity index (χ4v) is 2.47. The summed E-state index contributed by atoms with van der Waals surface area (Å²) >= 11 is 1.64. The van der Waals surface area contributed by atoms with Gasteiger partial charge in [-0.1, -0.05) is 0 Å². The van der Waals surface area contributed by atoms with Crippen molar-refractivity contribution in [3.05, 3.63) is 62.1 Å². The maximum atomic E-state index is 13.1. The van der Waals surface area contributed by atoms with Gasteiger partial charge in [0.25, 0.3) is 5.69 Å². The second-order valence-corrected chi connectivity index (χ2v) is 4.87. The molecule has 0 saturated heterocycles. The molecule has 0 aliphatic carbocycles. The molecule has 0 fully saturated rings. The molecule has 0 amide bonds. The summed E-state index contributed by atoms with van der Waals surface area (Å²) in [5.74, 6) is -0.458. The topological polar surface area (TPSA) is 55.2 Å². The Morgan fingerprint density at radius 1 is 1.37 bits per heavy atom. The number of benzene rings is 1. The monoisotopic (exact) mass is 280 g/mol. The van der Waals surface area contributed by atoms with E-state index in [4.69, 9.17) is 0 Å². The van der Waals surface area contributed by atoms with Crippen LogP contribution in [0.25, 0.3) is 0 Å². The van der Waals surface area contributed by atoms with Crippen LogP contribution in [0.15, 0.2) is 35.0 Å². The predicted molar refractivity (Wildman–Crippen MR) is 72.8 cm³/mol. The van der Waals surface area contributed by atoms with Gasteiger partial charge < -0.3 is 5.32 Å². The SMILES string of the molecule is O=[N+]([O-])c1ccc(F)cc1CNCCc1ccsc1. The molecule has 0 saturated carbocycles. The molecule has 0 atom stereocenters. The highest BCUT2D eigenvalue weighted by molar-refractivity contribution is 7.07. The molecule has 6 heteroatoms. The molecule has 0 spiro atoms. The number of hydrogen-bond donors (Lipinski definition) is 1.